The maximum Gasteiger partial charge on any atom is 0.413 e. The largest absolute Gasteiger partial charge is 0.454 e. The third-order valence-electron chi connectivity index (χ3n) is 8.36. The van der Waals surface area contributed by atoms with Gasteiger partial charge in [0.1, 0.15) is 8.47 Å². The molecule has 1 unspecified atom stereocenters. The predicted molar refractivity (Wildman–Crippen MR) is 190 cm³/mol. The van der Waals surface area contributed by atoms with E-state index >= 15 is 0 Å². The molecular formula is C33H42N2O10S3Si. The summed E-state index contributed by atoms with van der Waals surface area (Å²) in [7, 11) is -11.8. The van der Waals surface area contributed by atoms with Crippen LogP contribution in [0.15, 0.2) is 80.8 Å². The van der Waals surface area contributed by atoms with Crippen LogP contribution >= 0.6 is 11.8 Å². The van der Waals surface area contributed by atoms with Crippen molar-refractivity contribution in [2.75, 3.05) is 13.2 Å². The monoisotopic (exact) mass is 750 g/mol. The van der Waals surface area contributed by atoms with Gasteiger partial charge >= 0.3 is 18.0 Å². The maximum absolute atomic E-state index is 14.7. The number of sulfone groups is 1. The molecule has 0 radical (unpaired) electrons. The number of likely N-dealkylation sites (N-methyl/N-ethyl adjacent to an activating group) is 1. The van der Waals surface area contributed by atoms with E-state index in [9.17, 15) is 31.2 Å². The highest BCUT2D eigenvalue weighted by atomic mass is 32.3. The van der Waals surface area contributed by atoms with Crippen molar-refractivity contribution in [3.63, 3.8) is 0 Å². The number of thioether (sulfide) groups is 1. The number of rotatable bonds is 11. The van der Waals surface area contributed by atoms with Crippen molar-refractivity contribution >= 4 is 68.3 Å². The minimum atomic E-state index is -4.43. The molecule has 49 heavy (non-hydrogen) atoms. The standard InChI is InChI=1S/C33H42N2O10S3Si/c1-8-35(32(38)45-24(4)44-29(37)21-43-23(3)36)28-20-30(46-31-27(28)19-22(2)47(31,39)40)48(41,42)34-49(33(5,6)7,25-15-11-9-12-16-25)26-17-13-10-14-18-26/h9-18,20,22,24,28,34H,8,19,21H2,1-7H3/t22-,24?,28-/m0/s1. The van der Waals surface area contributed by atoms with Crippen LogP contribution in [0.5, 0.6) is 0 Å². The molecule has 1 N–H and O–H groups in total. The minimum absolute atomic E-state index is 0.000541. The van der Waals surface area contributed by atoms with Gasteiger partial charge in [-0.15, -0.1) is 0 Å². The number of benzene rings is 2. The first-order valence-corrected chi connectivity index (χ1v) is 21.5. The number of hydrogen-bond donors (Lipinski definition) is 1. The zero-order valence-electron chi connectivity index (χ0n) is 28.5. The van der Waals surface area contributed by atoms with E-state index in [2.05, 4.69) is 9.12 Å². The van der Waals surface area contributed by atoms with Gasteiger partial charge in [-0.1, -0.05) is 93.2 Å². The highest BCUT2D eigenvalue weighted by Gasteiger charge is 2.53. The molecule has 4 rings (SSSR count). The Morgan fingerprint density at radius 2 is 1.57 bits per heavy atom. The second kappa shape index (κ2) is 14.8. The molecule has 0 saturated carbocycles. The fourth-order valence-electron chi connectivity index (χ4n) is 6.00. The summed E-state index contributed by atoms with van der Waals surface area (Å²) in [5, 5.41) is 0.174. The van der Waals surface area contributed by atoms with Gasteiger partial charge in [-0.3, -0.25) is 9.69 Å². The van der Waals surface area contributed by atoms with Gasteiger partial charge < -0.3 is 14.2 Å². The molecule has 2 aliphatic heterocycles. The number of sulfonamides is 1. The highest BCUT2D eigenvalue weighted by Crippen LogP contribution is 2.49. The Kier molecular flexibility index (Phi) is 11.6. The Bertz CT molecular complexity index is 1820. The molecule has 2 aromatic rings. The zero-order chi connectivity index (χ0) is 36.4. The summed E-state index contributed by atoms with van der Waals surface area (Å²) >= 11 is 0.670. The van der Waals surface area contributed by atoms with Crippen molar-refractivity contribution in [1.29, 1.82) is 0 Å². The van der Waals surface area contributed by atoms with E-state index in [4.69, 9.17) is 9.47 Å². The quantitative estimate of drug-likeness (QED) is 0.202. The van der Waals surface area contributed by atoms with Crippen molar-refractivity contribution < 1.29 is 45.4 Å². The Labute approximate surface area is 293 Å². The number of carbonyl (C=O) groups is 3. The summed E-state index contributed by atoms with van der Waals surface area (Å²) in [4.78, 5) is 37.7. The first-order chi connectivity index (χ1) is 22.8. The Hall–Kier alpha value is -3.44. The molecular weight excluding hydrogens is 709 g/mol. The lowest BCUT2D eigenvalue weighted by Gasteiger charge is -2.44. The number of hydrogen-bond acceptors (Lipinski definition) is 11. The summed E-state index contributed by atoms with van der Waals surface area (Å²) in [6, 6.07) is 17.6. The smallest absolute Gasteiger partial charge is 0.413 e. The van der Waals surface area contributed by atoms with Crippen molar-refractivity contribution in [2.45, 2.75) is 77.5 Å². The molecule has 266 valence electrons. The molecule has 0 spiro atoms. The van der Waals surface area contributed by atoms with Gasteiger partial charge in [-0.05, 0) is 47.3 Å². The number of carbonyl (C=O) groups excluding carboxylic acids is 3. The van der Waals surface area contributed by atoms with E-state index in [1.807, 2.05) is 81.4 Å². The van der Waals surface area contributed by atoms with E-state index in [0.29, 0.717) is 17.3 Å². The van der Waals surface area contributed by atoms with Gasteiger partial charge in [-0.2, -0.15) is 0 Å². The van der Waals surface area contributed by atoms with E-state index < -0.39 is 75.4 Å². The average molecular weight is 751 g/mol. The average Bonchev–Trinajstić information content (AvgIpc) is 3.26. The van der Waals surface area contributed by atoms with Gasteiger partial charge in [0.25, 0.3) is 0 Å². The van der Waals surface area contributed by atoms with Crippen LogP contribution in [0, 0.1) is 0 Å². The Morgan fingerprint density at radius 1 is 1.02 bits per heavy atom. The predicted octanol–water partition coefficient (Wildman–Crippen LogP) is 3.75. The molecule has 1 amide bonds. The normalized spacial score (nSPS) is 19.7. The molecule has 12 nitrogen and oxygen atoms in total. The second-order valence-electron chi connectivity index (χ2n) is 12.8. The topological polar surface area (TPSA) is 162 Å². The Morgan fingerprint density at radius 3 is 2.06 bits per heavy atom. The number of ether oxygens (including phenoxy) is 3. The van der Waals surface area contributed by atoms with Crippen LogP contribution in [0.25, 0.3) is 0 Å². The lowest BCUT2D eigenvalue weighted by atomic mass is 10.0. The lowest BCUT2D eigenvalue weighted by Crippen LogP contribution is -2.74. The van der Waals surface area contributed by atoms with Gasteiger partial charge in [0.2, 0.25) is 24.5 Å². The van der Waals surface area contributed by atoms with Crippen LogP contribution in [-0.2, 0) is 43.7 Å². The van der Waals surface area contributed by atoms with E-state index in [1.54, 1.807) is 13.8 Å². The first-order valence-electron chi connectivity index (χ1n) is 15.7. The molecule has 16 heteroatoms. The first kappa shape index (κ1) is 38.4. The molecule has 0 aliphatic carbocycles. The molecule has 0 saturated heterocycles. The SMILES string of the molecule is CCN(C(=O)OC(C)OC(=O)COC(C)=O)[C@H]1C=C(S(=O)(=O)N[Si](c2ccccc2)(c2ccccc2)C(C)(C)C)SC2=C1C[C@H](C)S2(=O)=O. The third kappa shape index (κ3) is 7.98. The van der Waals surface area contributed by atoms with Gasteiger partial charge in [0.05, 0.1) is 11.3 Å². The fourth-order valence-corrected chi connectivity index (χ4v) is 18.4. The summed E-state index contributed by atoms with van der Waals surface area (Å²) in [6.45, 7) is 10.8. The van der Waals surface area contributed by atoms with Crippen molar-refractivity contribution in [2.24, 2.45) is 0 Å². The molecule has 3 atom stereocenters. The molecule has 0 bridgehead atoms. The minimum Gasteiger partial charge on any atom is -0.454 e. The molecule has 2 aromatic carbocycles. The molecule has 0 aromatic heterocycles. The fraction of sp³-hybridized carbons (Fsp3) is 0.424. The maximum atomic E-state index is 14.7. The molecule has 2 heterocycles. The highest BCUT2D eigenvalue weighted by molar-refractivity contribution is 8.28. The van der Waals surface area contributed by atoms with E-state index in [-0.39, 0.29) is 21.4 Å². The van der Waals surface area contributed by atoms with Gasteiger partial charge in [0.15, 0.2) is 16.4 Å². The number of nitrogens with one attached hydrogen (secondary N) is 1. The van der Waals surface area contributed by atoms with Crippen molar-refractivity contribution in [3.05, 3.63) is 80.8 Å². The third-order valence-corrected chi connectivity index (χ3v) is 20.6. The Balaban J connectivity index is 1.78. The van der Waals surface area contributed by atoms with E-state index in [0.717, 1.165) is 17.3 Å². The lowest BCUT2D eigenvalue weighted by molar-refractivity contribution is -0.174. The van der Waals surface area contributed by atoms with Crippen LogP contribution < -0.4 is 14.8 Å². The molecule has 0 fully saturated rings. The number of amides is 1. The van der Waals surface area contributed by atoms with E-state index in [1.165, 1.54) is 17.9 Å². The van der Waals surface area contributed by atoms with Crippen LogP contribution in [0.1, 0.15) is 54.9 Å². The number of esters is 2. The summed E-state index contributed by atoms with van der Waals surface area (Å²) in [5.74, 6) is -1.64. The van der Waals surface area contributed by atoms with Gasteiger partial charge in [0, 0.05) is 20.4 Å². The van der Waals surface area contributed by atoms with Crippen molar-refractivity contribution in [3.8, 4) is 0 Å². The van der Waals surface area contributed by atoms with Crippen LogP contribution in [0.3, 0.4) is 0 Å². The zero-order valence-corrected chi connectivity index (χ0v) is 31.9. The summed E-state index contributed by atoms with van der Waals surface area (Å²) in [6.07, 6.45) is -0.896. The molecule has 2 aliphatic rings. The van der Waals surface area contributed by atoms with Crippen LogP contribution in [0.4, 0.5) is 4.79 Å². The second-order valence-corrected chi connectivity index (χ2v) is 23.0. The van der Waals surface area contributed by atoms with Crippen LogP contribution in [-0.4, -0.2) is 78.7 Å². The van der Waals surface area contributed by atoms with Gasteiger partial charge in [-0.25, -0.2) is 30.8 Å². The van der Waals surface area contributed by atoms with Crippen LogP contribution in [0.2, 0.25) is 5.04 Å². The number of nitrogens with zero attached hydrogens (tertiary/aromatic N) is 1. The summed E-state index contributed by atoms with van der Waals surface area (Å²) < 4.78 is 74.3. The van der Waals surface area contributed by atoms with Crippen molar-refractivity contribution in [1.82, 2.24) is 9.29 Å². The summed E-state index contributed by atoms with van der Waals surface area (Å²) in [5.41, 5.74) is 0.375.